The topological polar surface area (TPSA) is 99.6 Å². The van der Waals surface area contributed by atoms with Crippen molar-refractivity contribution in [3.8, 4) is 5.75 Å². The van der Waals surface area contributed by atoms with Gasteiger partial charge in [-0.2, -0.15) is 13.9 Å². The van der Waals surface area contributed by atoms with Crippen molar-refractivity contribution >= 4 is 22.5 Å². The first kappa shape index (κ1) is 17.7. The number of phenolic OH excluding ortho intramolecular Hbond substituents is 1. The van der Waals surface area contributed by atoms with E-state index in [4.69, 9.17) is 0 Å². The largest absolute Gasteiger partial charge is 0.506 e. The number of hydrogen-bond donors (Lipinski definition) is 3. The predicted octanol–water partition coefficient (Wildman–Crippen LogP) is 3.78. The van der Waals surface area contributed by atoms with E-state index in [0.29, 0.717) is 17.4 Å². The molecular weight excluding hydrogens is 373 g/mol. The number of aromatic amines is 1. The molecule has 0 fully saturated rings. The summed E-state index contributed by atoms with van der Waals surface area (Å²) in [6, 6.07) is 7.85. The average molecular weight is 386 g/mol. The second kappa shape index (κ2) is 6.48. The molecule has 142 valence electrons. The fourth-order valence-electron chi connectivity index (χ4n) is 2.65. The van der Waals surface area contributed by atoms with Crippen LogP contribution in [0.15, 0.2) is 42.6 Å². The van der Waals surface area contributed by atoms with Gasteiger partial charge < -0.3 is 10.4 Å². The summed E-state index contributed by atoms with van der Waals surface area (Å²) in [4.78, 5) is 11.2. The van der Waals surface area contributed by atoms with Gasteiger partial charge in [-0.05, 0) is 31.2 Å². The standard InChI is InChI=1S/C18H13F3N6O/c1-9-7-14(27-26-9)23-16-11-3-2-4-12(28)15(11)24-17(25-16)18(20,21)13-6-5-10(19)8-22-13/h2-8,28H,1H3,(H2,23,24,25,26,27). The van der Waals surface area contributed by atoms with Crippen LogP contribution >= 0.6 is 0 Å². The molecule has 0 aliphatic rings. The number of halogens is 3. The molecule has 0 spiro atoms. The summed E-state index contributed by atoms with van der Waals surface area (Å²) in [7, 11) is 0. The first-order valence-electron chi connectivity index (χ1n) is 8.13. The van der Waals surface area contributed by atoms with Gasteiger partial charge in [0.2, 0.25) is 5.82 Å². The molecule has 0 aliphatic heterocycles. The molecule has 0 saturated heterocycles. The lowest BCUT2D eigenvalue weighted by Gasteiger charge is -2.17. The highest BCUT2D eigenvalue weighted by atomic mass is 19.3. The molecule has 3 aromatic heterocycles. The monoisotopic (exact) mass is 386 g/mol. The summed E-state index contributed by atoms with van der Waals surface area (Å²) < 4.78 is 43.0. The maximum atomic E-state index is 15.0. The number of aromatic nitrogens is 5. The number of rotatable bonds is 4. The summed E-state index contributed by atoms with van der Waals surface area (Å²) in [6.45, 7) is 1.78. The zero-order valence-corrected chi connectivity index (χ0v) is 14.4. The van der Waals surface area contributed by atoms with Crippen LogP contribution < -0.4 is 5.32 Å². The molecule has 0 unspecified atom stereocenters. The van der Waals surface area contributed by atoms with E-state index in [1.165, 1.54) is 6.07 Å². The van der Waals surface area contributed by atoms with Crippen LogP contribution in [-0.2, 0) is 5.92 Å². The number of anilines is 2. The number of aryl methyl sites for hydroxylation is 1. The number of fused-ring (bicyclic) bond motifs is 1. The lowest BCUT2D eigenvalue weighted by atomic mass is 10.1. The van der Waals surface area contributed by atoms with E-state index in [9.17, 15) is 18.3 Å². The maximum Gasteiger partial charge on any atom is 0.348 e. The number of nitrogens with zero attached hydrogens (tertiary/aromatic N) is 4. The van der Waals surface area contributed by atoms with E-state index in [0.717, 1.165) is 17.8 Å². The smallest absolute Gasteiger partial charge is 0.348 e. The summed E-state index contributed by atoms with van der Waals surface area (Å²) in [6.07, 6.45) is 0.688. The lowest BCUT2D eigenvalue weighted by Crippen LogP contribution is -2.21. The van der Waals surface area contributed by atoms with Gasteiger partial charge in [0.1, 0.15) is 28.6 Å². The second-order valence-corrected chi connectivity index (χ2v) is 6.07. The molecule has 0 aliphatic carbocycles. The summed E-state index contributed by atoms with van der Waals surface area (Å²) in [5.41, 5.74) is -0.0287. The number of pyridine rings is 1. The van der Waals surface area contributed by atoms with Gasteiger partial charge in [-0.25, -0.2) is 14.4 Å². The van der Waals surface area contributed by atoms with Gasteiger partial charge in [0.25, 0.3) is 0 Å². The number of benzene rings is 1. The molecular formula is C18H13F3N6O. The molecule has 3 N–H and O–H groups in total. The normalized spacial score (nSPS) is 11.7. The van der Waals surface area contributed by atoms with Crippen LogP contribution in [0.5, 0.6) is 5.75 Å². The van der Waals surface area contributed by atoms with Crippen LogP contribution in [0.25, 0.3) is 10.9 Å². The third kappa shape index (κ3) is 3.08. The van der Waals surface area contributed by atoms with Crippen molar-refractivity contribution in [2.45, 2.75) is 12.8 Å². The minimum absolute atomic E-state index is 0.0317. The first-order chi connectivity index (χ1) is 13.3. The Morgan fingerprint density at radius 1 is 1.14 bits per heavy atom. The van der Waals surface area contributed by atoms with Crippen LogP contribution in [0.1, 0.15) is 17.2 Å². The van der Waals surface area contributed by atoms with Gasteiger partial charge >= 0.3 is 5.92 Å². The Morgan fingerprint density at radius 2 is 1.96 bits per heavy atom. The lowest BCUT2D eigenvalue weighted by molar-refractivity contribution is 0.0285. The van der Waals surface area contributed by atoms with Crippen LogP contribution in [0.4, 0.5) is 24.8 Å². The minimum atomic E-state index is -3.72. The number of H-pyrrole nitrogens is 1. The van der Waals surface area contributed by atoms with Gasteiger partial charge in [0.05, 0.1) is 6.20 Å². The molecule has 3 heterocycles. The van der Waals surface area contributed by atoms with E-state index < -0.39 is 23.3 Å². The van der Waals surface area contributed by atoms with Crippen molar-refractivity contribution in [2.24, 2.45) is 0 Å². The molecule has 7 nitrogen and oxygen atoms in total. The van der Waals surface area contributed by atoms with Crippen LogP contribution in [0.3, 0.4) is 0 Å². The molecule has 0 saturated carbocycles. The van der Waals surface area contributed by atoms with Crippen molar-refractivity contribution in [2.75, 3.05) is 5.32 Å². The van der Waals surface area contributed by atoms with E-state index in [2.05, 4.69) is 30.5 Å². The van der Waals surface area contributed by atoms with Crippen molar-refractivity contribution in [3.05, 3.63) is 65.6 Å². The Kier molecular flexibility index (Phi) is 4.10. The van der Waals surface area contributed by atoms with E-state index in [1.807, 2.05) is 0 Å². The number of para-hydroxylation sites is 1. The Labute approximate surface area is 156 Å². The quantitative estimate of drug-likeness (QED) is 0.494. The van der Waals surface area contributed by atoms with Crippen molar-refractivity contribution in [3.63, 3.8) is 0 Å². The number of alkyl halides is 2. The zero-order valence-electron chi connectivity index (χ0n) is 14.4. The van der Waals surface area contributed by atoms with Crippen molar-refractivity contribution in [1.29, 1.82) is 0 Å². The van der Waals surface area contributed by atoms with Crippen LogP contribution in [0, 0.1) is 12.7 Å². The van der Waals surface area contributed by atoms with Gasteiger partial charge in [-0.3, -0.25) is 10.1 Å². The van der Waals surface area contributed by atoms with Gasteiger partial charge in [0.15, 0.2) is 5.82 Å². The highest BCUT2D eigenvalue weighted by Gasteiger charge is 2.40. The highest BCUT2D eigenvalue weighted by Crippen LogP contribution is 2.36. The molecule has 0 amide bonds. The molecule has 1 aromatic carbocycles. The fraction of sp³-hybridized carbons (Fsp3) is 0.111. The Morgan fingerprint density at radius 3 is 2.64 bits per heavy atom. The van der Waals surface area contributed by atoms with Crippen LogP contribution in [-0.4, -0.2) is 30.3 Å². The number of hydrogen-bond acceptors (Lipinski definition) is 6. The maximum absolute atomic E-state index is 15.0. The molecule has 0 radical (unpaired) electrons. The van der Waals surface area contributed by atoms with Crippen molar-refractivity contribution in [1.82, 2.24) is 25.1 Å². The zero-order chi connectivity index (χ0) is 19.9. The molecule has 0 bridgehead atoms. The van der Waals surface area contributed by atoms with E-state index >= 15 is 0 Å². The SMILES string of the molecule is Cc1cc(Nc2nc(C(F)(F)c3ccc(F)cn3)nc3c(O)cccc23)n[nH]1. The first-order valence-corrected chi connectivity index (χ1v) is 8.13. The van der Waals surface area contributed by atoms with Gasteiger partial charge in [-0.15, -0.1) is 0 Å². The molecule has 28 heavy (non-hydrogen) atoms. The molecule has 10 heteroatoms. The third-order valence-electron chi connectivity index (χ3n) is 3.99. The highest BCUT2D eigenvalue weighted by molar-refractivity contribution is 5.94. The van der Waals surface area contributed by atoms with E-state index in [-0.39, 0.29) is 17.1 Å². The summed E-state index contributed by atoms with van der Waals surface area (Å²) in [5.74, 6) is -5.25. The van der Waals surface area contributed by atoms with Gasteiger partial charge in [0, 0.05) is 17.1 Å². The number of aromatic hydroxyl groups is 1. The number of phenols is 1. The molecule has 4 rings (SSSR count). The molecule has 0 atom stereocenters. The van der Waals surface area contributed by atoms with Crippen molar-refractivity contribution < 1.29 is 18.3 Å². The fourth-order valence-corrected chi connectivity index (χ4v) is 2.65. The van der Waals surface area contributed by atoms with E-state index in [1.54, 1.807) is 25.1 Å². The average Bonchev–Trinajstić information content (AvgIpc) is 3.07. The predicted molar refractivity (Wildman–Crippen MR) is 95.0 cm³/mol. The Hall–Kier alpha value is -3.69. The molecule has 4 aromatic rings. The summed E-state index contributed by atoms with van der Waals surface area (Å²) >= 11 is 0. The minimum Gasteiger partial charge on any atom is -0.506 e. The van der Waals surface area contributed by atoms with Gasteiger partial charge in [-0.1, -0.05) is 6.07 Å². The summed E-state index contributed by atoms with van der Waals surface area (Å²) in [5, 5.41) is 20.0. The third-order valence-corrected chi connectivity index (χ3v) is 3.99. The second-order valence-electron chi connectivity index (χ2n) is 6.07. The Balaban J connectivity index is 1.89. The Bertz CT molecular complexity index is 1160. The number of nitrogens with one attached hydrogen (secondary N) is 2. The van der Waals surface area contributed by atoms with Crippen LogP contribution in [0.2, 0.25) is 0 Å².